The monoisotopic (exact) mass is 448 g/mol. The molecule has 0 spiro atoms. The van der Waals surface area contributed by atoms with Crippen molar-refractivity contribution in [2.24, 2.45) is 0 Å². The number of carbonyl (C=O) groups excluding carboxylic acids is 2. The molecule has 32 heavy (non-hydrogen) atoms. The van der Waals surface area contributed by atoms with Gasteiger partial charge in [0.1, 0.15) is 0 Å². The second-order valence-electron chi connectivity index (χ2n) is 7.78. The summed E-state index contributed by atoms with van der Waals surface area (Å²) in [7, 11) is 0. The Morgan fingerprint density at radius 3 is 2.72 bits per heavy atom. The second-order valence-corrected chi connectivity index (χ2v) is 8.22. The standard InChI is InChI=1S/C25H21ClN2O4/c26-20-5-1-3-19(13-20)25(30)28-10-2-4-17-12-18(7-8-21(17)28)24(29)27-14-16-6-9-22-23(11-16)32-15-31-22/h1,3,5-9,11-13H,2,4,10,14-15H2,(H,27,29). The quantitative estimate of drug-likeness (QED) is 0.633. The first kappa shape index (κ1) is 20.4. The van der Waals surface area contributed by atoms with Crippen LogP contribution in [0, 0.1) is 0 Å². The minimum Gasteiger partial charge on any atom is -0.454 e. The number of rotatable bonds is 4. The molecular weight excluding hydrogens is 428 g/mol. The van der Waals surface area contributed by atoms with Crippen LogP contribution in [0.25, 0.3) is 0 Å². The van der Waals surface area contributed by atoms with Gasteiger partial charge in [0.2, 0.25) is 6.79 Å². The van der Waals surface area contributed by atoms with Gasteiger partial charge in [0.25, 0.3) is 11.8 Å². The summed E-state index contributed by atoms with van der Waals surface area (Å²) in [5.74, 6) is 1.15. The number of ether oxygens (including phenoxy) is 2. The number of aryl methyl sites for hydroxylation is 1. The van der Waals surface area contributed by atoms with Crippen molar-refractivity contribution < 1.29 is 19.1 Å². The van der Waals surface area contributed by atoms with E-state index in [1.807, 2.05) is 30.3 Å². The number of amides is 2. The molecule has 0 unspecified atom stereocenters. The van der Waals surface area contributed by atoms with Crippen molar-refractivity contribution >= 4 is 29.1 Å². The molecule has 0 saturated heterocycles. The number of hydrogen-bond acceptors (Lipinski definition) is 4. The van der Waals surface area contributed by atoms with Gasteiger partial charge in [0, 0.05) is 34.9 Å². The number of nitrogens with one attached hydrogen (secondary N) is 1. The summed E-state index contributed by atoms with van der Waals surface area (Å²) in [5, 5.41) is 3.48. The summed E-state index contributed by atoms with van der Waals surface area (Å²) in [5.41, 5.74) is 3.88. The summed E-state index contributed by atoms with van der Waals surface area (Å²) in [6, 6.07) is 18.1. The SMILES string of the molecule is O=C(NCc1ccc2c(c1)OCO2)c1ccc2c(c1)CCCN2C(=O)c1cccc(Cl)c1. The van der Waals surface area contributed by atoms with Gasteiger partial charge in [-0.05, 0) is 72.5 Å². The fourth-order valence-corrected chi connectivity index (χ4v) is 4.25. The van der Waals surface area contributed by atoms with Gasteiger partial charge in [-0.15, -0.1) is 0 Å². The zero-order valence-electron chi connectivity index (χ0n) is 17.3. The van der Waals surface area contributed by atoms with Gasteiger partial charge in [-0.3, -0.25) is 9.59 Å². The predicted molar refractivity (Wildman–Crippen MR) is 122 cm³/mol. The Kier molecular flexibility index (Phi) is 5.45. The molecule has 0 radical (unpaired) electrons. The molecule has 6 nitrogen and oxygen atoms in total. The van der Waals surface area contributed by atoms with Gasteiger partial charge in [-0.25, -0.2) is 0 Å². The summed E-state index contributed by atoms with van der Waals surface area (Å²) < 4.78 is 10.7. The molecule has 5 rings (SSSR count). The summed E-state index contributed by atoms with van der Waals surface area (Å²) in [6.45, 7) is 1.23. The minimum atomic E-state index is -0.163. The molecule has 3 aromatic carbocycles. The highest BCUT2D eigenvalue weighted by molar-refractivity contribution is 6.31. The Balaban J connectivity index is 1.30. The number of carbonyl (C=O) groups is 2. The van der Waals surface area contributed by atoms with Crippen LogP contribution in [-0.2, 0) is 13.0 Å². The van der Waals surface area contributed by atoms with Gasteiger partial charge < -0.3 is 19.7 Å². The smallest absolute Gasteiger partial charge is 0.258 e. The van der Waals surface area contributed by atoms with E-state index < -0.39 is 0 Å². The van der Waals surface area contributed by atoms with Gasteiger partial charge in [-0.1, -0.05) is 23.7 Å². The van der Waals surface area contributed by atoms with E-state index in [4.69, 9.17) is 21.1 Å². The number of nitrogens with zero attached hydrogens (tertiary/aromatic N) is 1. The molecule has 2 aliphatic rings. The number of fused-ring (bicyclic) bond motifs is 2. The van der Waals surface area contributed by atoms with Crippen LogP contribution >= 0.6 is 11.6 Å². The van der Waals surface area contributed by atoms with E-state index in [0.717, 1.165) is 29.7 Å². The first-order valence-corrected chi connectivity index (χ1v) is 10.8. The summed E-state index contributed by atoms with van der Waals surface area (Å²) >= 11 is 6.06. The van der Waals surface area contributed by atoms with E-state index in [1.165, 1.54) is 0 Å². The highest BCUT2D eigenvalue weighted by atomic mass is 35.5. The average molecular weight is 449 g/mol. The lowest BCUT2D eigenvalue weighted by Gasteiger charge is -2.30. The predicted octanol–water partition coefficient (Wildman–Crippen LogP) is 4.59. The Bertz CT molecular complexity index is 1210. The molecule has 0 atom stereocenters. The van der Waals surface area contributed by atoms with Crippen molar-refractivity contribution in [1.29, 1.82) is 0 Å². The summed E-state index contributed by atoms with van der Waals surface area (Å²) in [4.78, 5) is 27.6. The third-order valence-corrected chi connectivity index (χ3v) is 5.90. The van der Waals surface area contributed by atoms with Crippen LogP contribution in [0.15, 0.2) is 60.7 Å². The zero-order valence-corrected chi connectivity index (χ0v) is 18.0. The molecule has 7 heteroatoms. The third-order valence-electron chi connectivity index (χ3n) is 5.67. The number of hydrogen-bond donors (Lipinski definition) is 1. The Labute approximate surface area is 190 Å². The van der Waals surface area contributed by atoms with Gasteiger partial charge in [0.15, 0.2) is 11.5 Å². The number of halogens is 1. The maximum absolute atomic E-state index is 13.0. The lowest BCUT2D eigenvalue weighted by molar-refractivity contribution is 0.0950. The first-order valence-electron chi connectivity index (χ1n) is 10.5. The van der Waals surface area contributed by atoms with Crippen molar-refractivity contribution in [3.8, 4) is 11.5 Å². The molecule has 2 amide bonds. The molecule has 0 fully saturated rings. The van der Waals surface area contributed by atoms with Crippen molar-refractivity contribution in [2.75, 3.05) is 18.2 Å². The summed E-state index contributed by atoms with van der Waals surface area (Å²) in [6.07, 6.45) is 1.65. The van der Waals surface area contributed by atoms with Gasteiger partial charge in [0.05, 0.1) is 0 Å². The Morgan fingerprint density at radius 1 is 0.969 bits per heavy atom. The number of anilines is 1. The Morgan fingerprint density at radius 2 is 1.84 bits per heavy atom. The molecule has 0 aliphatic carbocycles. The van der Waals surface area contributed by atoms with Crippen LogP contribution in [0.4, 0.5) is 5.69 Å². The normalized spacial score (nSPS) is 14.1. The molecule has 3 aromatic rings. The molecule has 0 saturated carbocycles. The van der Waals surface area contributed by atoms with E-state index in [0.29, 0.717) is 40.7 Å². The molecular formula is C25H21ClN2O4. The maximum atomic E-state index is 13.0. The molecule has 1 N–H and O–H groups in total. The van der Waals surface area contributed by atoms with Crippen LogP contribution in [0.5, 0.6) is 11.5 Å². The van der Waals surface area contributed by atoms with Crippen LogP contribution in [0.2, 0.25) is 5.02 Å². The van der Waals surface area contributed by atoms with E-state index in [1.54, 1.807) is 35.2 Å². The van der Waals surface area contributed by atoms with E-state index in [9.17, 15) is 9.59 Å². The second kappa shape index (κ2) is 8.55. The fraction of sp³-hybridized carbons (Fsp3) is 0.200. The third kappa shape index (κ3) is 4.01. The Hall–Kier alpha value is -3.51. The molecule has 0 bridgehead atoms. The maximum Gasteiger partial charge on any atom is 0.258 e. The van der Waals surface area contributed by atoms with Gasteiger partial charge >= 0.3 is 0 Å². The molecule has 162 valence electrons. The van der Waals surface area contributed by atoms with E-state index >= 15 is 0 Å². The fourth-order valence-electron chi connectivity index (χ4n) is 4.06. The van der Waals surface area contributed by atoms with Crippen LogP contribution in [0.3, 0.4) is 0 Å². The first-order chi connectivity index (χ1) is 15.6. The number of benzene rings is 3. The average Bonchev–Trinajstić information content (AvgIpc) is 3.29. The van der Waals surface area contributed by atoms with Crippen LogP contribution < -0.4 is 19.7 Å². The van der Waals surface area contributed by atoms with Crippen LogP contribution in [0.1, 0.15) is 38.3 Å². The van der Waals surface area contributed by atoms with Crippen molar-refractivity contribution in [2.45, 2.75) is 19.4 Å². The molecule has 2 heterocycles. The van der Waals surface area contributed by atoms with Crippen LogP contribution in [-0.4, -0.2) is 25.2 Å². The highest BCUT2D eigenvalue weighted by Gasteiger charge is 2.24. The minimum absolute atomic E-state index is 0.0894. The van der Waals surface area contributed by atoms with Crippen molar-refractivity contribution in [3.05, 3.63) is 87.9 Å². The lowest BCUT2D eigenvalue weighted by atomic mass is 9.98. The lowest BCUT2D eigenvalue weighted by Crippen LogP contribution is -2.35. The topological polar surface area (TPSA) is 67.9 Å². The van der Waals surface area contributed by atoms with E-state index in [2.05, 4.69) is 5.32 Å². The van der Waals surface area contributed by atoms with Crippen molar-refractivity contribution in [1.82, 2.24) is 5.32 Å². The van der Waals surface area contributed by atoms with E-state index in [-0.39, 0.29) is 18.6 Å². The highest BCUT2D eigenvalue weighted by Crippen LogP contribution is 2.33. The zero-order chi connectivity index (χ0) is 22.1. The van der Waals surface area contributed by atoms with Crippen molar-refractivity contribution in [3.63, 3.8) is 0 Å². The van der Waals surface area contributed by atoms with Gasteiger partial charge in [-0.2, -0.15) is 0 Å². The molecule has 0 aromatic heterocycles. The molecule has 2 aliphatic heterocycles. The largest absolute Gasteiger partial charge is 0.454 e.